The molecule has 100 valence electrons. The van der Waals surface area contributed by atoms with E-state index in [1.807, 2.05) is 10.6 Å². The molecule has 0 unspecified atom stereocenters. The van der Waals surface area contributed by atoms with E-state index in [1.165, 1.54) is 12.8 Å². The Bertz CT molecular complexity index is 470. The first kappa shape index (κ1) is 13.3. The Morgan fingerprint density at radius 1 is 1.28 bits per heavy atom. The smallest absolute Gasteiger partial charge is 0.255 e. The van der Waals surface area contributed by atoms with Gasteiger partial charge in [0.2, 0.25) is 0 Å². The Kier molecular flexibility index (Phi) is 3.91. The van der Waals surface area contributed by atoms with E-state index in [0.29, 0.717) is 18.5 Å². The third-order valence-electron chi connectivity index (χ3n) is 3.49. The van der Waals surface area contributed by atoms with Crippen molar-refractivity contribution in [3.63, 3.8) is 0 Å². The van der Waals surface area contributed by atoms with Crippen LogP contribution in [-0.2, 0) is 6.54 Å². The standard InChI is InChI=1S/C15H24N2O/c1-10(2)14-8-5-12(9-16-13-6-7-13)15(18)17(14)11(3)4/h5,8,10-11,13,16H,6-7,9H2,1-4H3. The molecule has 1 aliphatic rings. The summed E-state index contributed by atoms with van der Waals surface area (Å²) in [5, 5.41) is 3.42. The van der Waals surface area contributed by atoms with Gasteiger partial charge in [-0.3, -0.25) is 4.79 Å². The fraction of sp³-hybridized carbons (Fsp3) is 0.667. The maximum atomic E-state index is 12.5. The van der Waals surface area contributed by atoms with Crippen LogP contribution in [0.25, 0.3) is 0 Å². The van der Waals surface area contributed by atoms with Crippen LogP contribution in [0.4, 0.5) is 0 Å². The van der Waals surface area contributed by atoms with Crippen molar-refractivity contribution in [3.8, 4) is 0 Å². The summed E-state index contributed by atoms with van der Waals surface area (Å²) in [6.45, 7) is 9.12. The summed E-state index contributed by atoms with van der Waals surface area (Å²) in [6, 6.07) is 4.96. The SMILES string of the molecule is CC(C)c1ccc(CNC2CC2)c(=O)n1C(C)C. The molecule has 1 aromatic heterocycles. The molecule has 3 nitrogen and oxygen atoms in total. The Morgan fingerprint density at radius 2 is 1.94 bits per heavy atom. The number of hydrogen-bond acceptors (Lipinski definition) is 2. The van der Waals surface area contributed by atoms with Crippen LogP contribution in [0, 0.1) is 0 Å². The Balaban J connectivity index is 2.31. The zero-order chi connectivity index (χ0) is 13.3. The molecule has 1 aromatic rings. The molecular weight excluding hydrogens is 224 g/mol. The van der Waals surface area contributed by atoms with Gasteiger partial charge >= 0.3 is 0 Å². The van der Waals surface area contributed by atoms with E-state index >= 15 is 0 Å². The molecule has 3 heteroatoms. The lowest BCUT2D eigenvalue weighted by molar-refractivity contribution is 0.526. The van der Waals surface area contributed by atoms with Crippen LogP contribution in [0.15, 0.2) is 16.9 Å². The van der Waals surface area contributed by atoms with Crippen molar-refractivity contribution in [2.24, 2.45) is 0 Å². The lowest BCUT2D eigenvalue weighted by Crippen LogP contribution is -2.31. The number of nitrogens with one attached hydrogen (secondary N) is 1. The molecular formula is C15H24N2O. The first-order chi connectivity index (χ1) is 8.50. The molecule has 0 radical (unpaired) electrons. The molecule has 0 amide bonds. The van der Waals surface area contributed by atoms with Crippen LogP contribution in [0.2, 0.25) is 0 Å². The number of pyridine rings is 1. The molecule has 1 fully saturated rings. The van der Waals surface area contributed by atoms with E-state index in [9.17, 15) is 4.79 Å². The second-order valence-electron chi connectivity index (χ2n) is 5.86. The number of aromatic nitrogens is 1. The van der Waals surface area contributed by atoms with Crippen LogP contribution in [-0.4, -0.2) is 10.6 Å². The second kappa shape index (κ2) is 5.27. The van der Waals surface area contributed by atoms with Crippen LogP contribution in [0.3, 0.4) is 0 Å². The molecule has 0 aromatic carbocycles. The summed E-state index contributed by atoms with van der Waals surface area (Å²) < 4.78 is 1.94. The first-order valence-electron chi connectivity index (χ1n) is 6.98. The minimum absolute atomic E-state index is 0.171. The van der Waals surface area contributed by atoms with Crippen molar-refractivity contribution in [2.45, 2.75) is 65.1 Å². The highest BCUT2D eigenvalue weighted by Crippen LogP contribution is 2.20. The first-order valence-corrected chi connectivity index (χ1v) is 6.98. The van der Waals surface area contributed by atoms with Crippen LogP contribution in [0.1, 0.15) is 63.8 Å². The van der Waals surface area contributed by atoms with Gasteiger partial charge in [0.25, 0.3) is 5.56 Å². The van der Waals surface area contributed by atoms with Gasteiger partial charge in [0.05, 0.1) is 0 Å². The summed E-state index contributed by atoms with van der Waals surface area (Å²) in [6.07, 6.45) is 2.50. The molecule has 0 bridgehead atoms. The number of hydrogen-bond donors (Lipinski definition) is 1. The van der Waals surface area contributed by atoms with Crippen molar-refractivity contribution in [3.05, 3.63) is 33.7 Å². The van der Waals surface area contributed by atoms with E-state index in [4.69, 9.17) is 0 Å². The largest absolute Gasteiger partial charge is 0.310 e. The van der Waals surface area contributed by atoms with Gasteiger partial charge in [-0.2, -0.15) is 0 Å². The zero-order valence-corrected chi connectivity index (χ0v) is 11.9. The average molecular weight is 248 g/mol. The van der Waals surface area contributed by atoms with Crippen molar-refractivity contribution in [1.29, 1.82) is 0 Å². The van der Waals surface area contributed by atoms with E-state index in [0.717, 1.165) is 11.3 Å². The zero-order valence-electron chi connectivity index (χ0n) is 11.9. The molecule has 0 spiro atoms. The second-order valence-corrected chi connectivity index (χ2v) is 5.86. The third kappa shape index (κ3) is 2.83. The monoisotopic (exact) mass is 248 g/mol. The van der Waals surface area contributed by atoms with Crippen LogP contribution < -0.4 is 10.9 Å². The van der Waals surface area contributed by atoms with E-state index in [2.05, 4.69) is 39.1 Å². The molecule has 1 heterocycles. The van der Waals surface area contributed by atoms with Gasteiger partial charge in [-0.25, -0.2) is 0 Å². The molecule has 2 rings (SSSR count). The van der Waals surface area contributed by atoms with Crippen molar-refractivity contribution < 1.29 is 0 Å². The van der Waals surface area contributed by atoms with Gasteiger partial charge in [-0.15, -0.1) is 0 Å². The minimum Gasteiger partial charge on any atom is -0.310 e. The fourth-order valence-electron chi connectivity index (χ4n) is 2.29. The van der Waals surface area contributed by atoms with E-state index in [1.54, 1.807) is 0 Å². The summed E-state index contributed by atoms with van der Waals surface area (Å²) in [7, 11) is 0. The van der Waals surface area contributed by atoms with Crippen LogP contribution >= 0.6 is 0 Å². The molecule has 1 N–H and O–H groups in total. The molecule has 0 atom stereocenters. The predicted molar refractivity (Wildman–Crippen MR) is 75.0 cm³/mol. The van der Waals surface area contributed by atoms with Gasteiger partial charge in [0.1, 0.15) is 0 Å². The molecule has 0 aliphatic heterocycles. The Hall–Kier alpha value is -1.09. The maximum absolute atomic E-state index is 12.5. The van der Waals surface area contributed by atoms with Gasteiger partial charge in [0, 0.05) is 29.9 Å². The van der Waals surface area contributed by atoms with Gasteiger partial charge in [-0.05, 0) is 38.7 Å². The molecule has 18 heavy (non-hydrogen) atoms. The van der Waals surface area contributed by atoms with Crippen LogP contribution in [0.5, 0.6) is 0 Å². The molecule has 1 saturated carbocycles. The average Bonchev–Trinajstić information content (AvgIpc) is 3.10. The quantitative estimate of drug-likeness (QED) is 0.869. The van der Waals surface area contributed by atoms with Crippen molar-refractivity contribution in [2.75, 3.05) is 0 Å². The van der Waals surface area contributed by atoms with E-state index < -0.39 is 0 Å². The van der Waals surface area contributed by atoms with E-state index in [-0.39, 0.29) is 11.6 Å². The predicted octanol–water partition coefficient (Wildman–Crippen LogP) is 2.80. The Morgan fingerprint density at radius 3 is 2.44 bits per heavy atom. The van der Waals surface area contributed by atoms with Gasteiger partial charge in [-0.1, -0.05) is 19.9 Å². The van der Waals surface area contributed by atoms with Gasteiger partial charge in [0.15, 0.2) is 0 Å². The fourth-order valence-corrected chi connectivity index (χ4v) is 2.29. The lowest BCUT2D eigenvalue weighted by Gasteiger charge is -2.20. The highest BCUT2D eigenvalue weighted by Gasteiger charge is 2.21. The van der Waals surface area contributed by atoms with Gasteiger partial charge < -0.3 is 9.88 Å². The maximum Gasteiger partial charge on any atom is 0.255 e. The lowest BCUT2D eigenvalue weighted by atomic mass is 10.1. The Labute approximate surface area is 109 Å². The highest BCUT2D eigenvalue weighted by molar-refractivity contribution is 5.19. The number of nitrogens with zero attached hydrogens (tertiary/aromatic N) is 1. The topological polar surface area (TPSA) is 34.0 Å². The molecule has 0 saturated heterocycles. The number of rotatable bonds is 5. The summed E-state index contributed by atoms with van der Waals surface area (Å²) in [5.41, 5.74) is 2.19. The summed E-state index contributed by atoms with van der Waals surface area (Å²) in [5.74, 6) is 0.380. The third-order valence-corrected chi connectivity index (χ3v) is 3.49. The van der Waals surface area contributed by atoms with Crippen molar-refractivity contribution in [1.82, 2.24) is 9.88 Å². The minimum atomic E-state index is 0.171. The van der Waals surface area contributed by atoms with Crippen molar-refractivity contribution >= 4 is 0 Å². The highest BCUT2D eigenvalue weighted by atomic mass is 16.1. The summed E-state index contributed by atoms with van der Waals surface area (Å²) in [4.78, 5) is 12.5. The summed E-state index contributed by atoms with van der Waals surface area (Å²) >= 11 is 0. The normalized spacial score (nSPS) is 15.7. The molecule has 1 aliphatic carbocycles.